The molecule has 36 heavy (non-hydrogen) atoms. The summed E-state index contributed by atoms with van der Waals surface area (Å²) in [7, 11) is 0. The van der Waals surface area contributed by atoms with E-state index in [1.165, 1.54) is 29.2 Å². The average Bonchev–Trinajstić information content (AvgIpc) is 2.98. The summed E-state index contributed by atoms with van der Waals surface area (Å²) < 4.78 is 61.2. The number of anilines is 2. The van der Waals surface area contributed by atoms with Gasteiger partial charge in [-0.05, 0) is 82.3 Å². The van der Waals surface area contributed by atoms with Crippen LogP contribution in [0.3, 0.4) is 0 Å². The van der Waals surface area contributed by atoms with Crippen molar-refractivity contribution in [2.45, 2.75) is 44.5 Å². The van der Waals surface area contributed by atoms with Crippen LogP contribution >= 0.6 is 24.6 Å². The Balaban J connectivity index is 0.00000361. The van der Waals surface area contributed by atoms with E-state index in [1.807, 2.05) is 0 Å². The molecule has 4 rings (SSSR count). The zero-order valence-corrected chi connectivity index (χ0v) is 21.0. The number of nitrogens with zero attached hydrogens (tertiary/aromatic N) is 3. The zero-order chi connectivity index (χ0) is 25.5. The van der Waals surface area contributed by atoms with Crippen molar-refractivity contribution in [3.8, 4) is 11.8 Å². The molecule has 0 unspecified atom stereocenters. The van der Waals surface area contributed by atoms with Gasteiger partial charge in [-0.3, -0.25) is 9.69 Å². The van der Waals surface area contributed by atoms with Crippen molar-refractivity contribution in [2.75, 3.05) is 22.9 Å². The zero-order valence-electron chi connectivity index (χ0n) is 19.4. The number of halogens is 5. The highest BCUT2D eigenvalue weighted by molar-refractivity contribution is 7.81. The quantitative estimate of drug-likeness (QED) is 0.424. The third-order valence-corrected chi connectivity index (χ3v) is 6.47. The molecule has 0 atom stereocenters. The Morgan fingerprint density at radius 1 is 1.14 bits per heavy atom. The van der Waals surface area contributed by atoms with Gasteiger partial charge in [0.15, 0.2) is 16.7 Å². The summed E-state index contributed by atoms with van der Waals surface area (Å²) in [6, 6.07) is 8.67. The smallest absolute Gasteiger partial charge is 0.417 e. The summed E-state index contributed by atoms with van der Waals surface area (Å²) in [5.74, 6) is -1.15. The van der Waals surface area contributed by atoms with Crippen LogP contribution in [0, 0.1) is 17.1 Å². The van der Waals surface area contributed by atoms with Gasteiger partial charge in [0.05, 0.1) is 22.9 Å². The van der Waals surface area contributed by atoms with E-state index in [1.54, 1.807) is 19.9 Å². The minimum absolute atomic E-state index is 0. The second-order valence-corrected chi connectivity index (χ2v) is 9.20. The van der Waals surface area contributed by atoms with Gasteiger partial charge in [0, 0.05) is 11.8 Å². The van der Waals surface area contributed by atoms with E-state index in [4.69, 9.17) is 22.2 Å². The van der Waals surface area contributed by atoms with Crippen molar-refractivity contribution >= 4 is 47.0 Å². The number of alkyl halides is 3. The van der Waals surface area contributed by atoms with Crippen LogP contribution in [0.15, 0.2) is 36.4 Å². The maximum absolute atomic E-state index is 15.0. The lowest BCUT2D eigenvalue weighted by atomic mass is 10.0. The number of thiocarbonyl (C=S) groups is 1. The molecule has 0 aromatic heterocycles. The minimum atomic E-state index is -4.80. The Bertz CT molecular complexity index is 1230. The van der Waals surface area contributed by atoms with E-state index < -0.39 is 34.6 Å². The highest BCUT2D eigenvalue weighted by Gasteiger charge is 2.51. The standard InChI is InChI=1S/C24H22F4N4O2S.ClH/c1-23(2)21(33)31(15-4-3-14(13-29)18(11-15)24(26,27)28)22(35)32(23)16-5-6-20(19(25)12-16)34-17-7-9-30-10-8-17;/h3-6,11-12,17,30H,7-10H2,1-2H3;1H. The number of nitriles is 1. The van der Waals surface area contributed by atoms with Gasteiger partial charge in [0.2, 0.25) is 0 Å². The summed E-state index contributed by atoms with van der Waals surface area (Å²) >= 11 is 5.48. The van der Waals surface area contributed by atoms with Crippen LogP contribution in [-0.4, -0.2) is 35.8 Å². The summed E-state index contributed by atoms with van der Waals surface area (Å²) in [6.45, 7) is 4.66. The number of amides is 1. The molecule has 6 nitrogen and oxygen atoms in total. The van der Waals surface area contributed by atoms with Gasteiger partial charge in [-0.2, -0.15) is 18.4 Å². The highest BCUT2D eigenvalue weighted by atomic mass is 35.5. The fourth-order valence-corrected chi connectivity index (χ4v) is 4.80. The Morgan fingerprint density at radius 2 is 1.78 bits per heavy atom. The molecule has 2 saturated heterocycles. The third kappa shape index (κ3) is 4.98. The number of benzene rings is 2. The van der Waals surface area contributed by atoms with Crippen molar-refractivity contribution < 1.29 is 27.1 Å². The molecule has 192 valence electrons. The van der Waals surface area contributed by atoms with Crippen LogP contribution in [0.5, 0.6) is 5.75 Å². The Labute approximate surface area is 217 Å². The number of hydrogen-bond acceptors (Lipinski definition) is 5. The van der Waals surface area contributed by atoms with Crippen molar-refractivity contribution in [1.29, 1.82) is 5.26 Å². The van der Waals surface area contributed by atoms with Crippen molar-refractivity contribution in [1.82, 2.24) is 5.32 Å². The number of piperidine rings is 1. The van der Waals surface area contributed by atoms with Gasteiger partial charge in [0.25, 0.3) is 5.91 Å². The lowest BCUT2D eigenvalue weighted by molar-refractivity contribution is -0.137. The van der Waals surface area contributed by atoms with Crippen molar-refractivity contribution in [3.63, 3.8) is 0 Å². The van der Waals surface area contributed by atoms with E-state index in [2.05, 4.69) is 5.32 Å². The normalized spacial score (nSPS) is 18.1. The number of carbonyl (C=O) groups excluding carboxylic acids is 1. The minimum Gasteiger partial charge on any atom is -0.487 e. The van der Waals surface area contributed by atoms with E-state index in [0.29, 0.717) is 0 Å². The fourth-order valence-electron chi connectivity index (χ4n) is 4.28. The van der Waals surface area contributed by atoms with Gasteiger partial charge in [-0.1, -0.05) is 0 Å². The lowest BCUT2D eigenvalue weighted by Crippen LogP contribution is -2.44. The van der Waals surface area contributed by atoms with Gasteiger partial charge in [0.1, 0.15) is 11.6 Å². The molecule has 0 bridgehead atoms. The molecule has 1 amide bonds. The second kappa shape index (κ2) is 10.2. The number of hydrogen-bond donors (Lipinski definition) is 1. The van der Waals surface area contributed by atoms with Gasteiger partial charge < -0.3 is 15.0 Å². The molecule has 0 spiro atoms. The molecule has 2 aliphatic heterocycles. The van der Waals surface area contributed by atoms with Crippen LogP contribution in [0.4, 0.5) is 28.9 Å². The molecule has 12 heteroatoms. The van der Waals surface area contributed by atoms with E-state index in [9.17, 15) is 22.4 Å². The van der Waals surface area contributed by atoms with E-state index in [0.717, 1.165) is 43.0 Å². The molecule has 0 aliphatic carbocycles. The molecule has 2 aromatic rings. The Hall–Kier alpha value is -2.94. The first kappa shape index (κ1) is 27.6. The fraction of sp³-hybridized carbons (Fsp3) is 0.375. The highest BCUT2D eigenvalue weighted by Crippen LogP contribution is 2.40. The van der Waals surface area contributed by atoms with Crippen molar-refractivity contribution in [3.05, 3.63) is 53.3 Å². The first-order valence-electron chi connectivity index (χ1n) is 10.9. The van der Waals surface area contributed by atoms with Gasteiger partial charge >= 0.3 is 6.18 Å². The average molecular weight is 543 g/mol. The summed E-state index contributed by atoms with van der Waals surface area (Å²) in [5, 5.41) is 12.2. The molecule has 0 saturated carbocycles. The number of rotatable bonds is 4. The number of carbonyl (C=O) groups is 1. The topological polar surface area (TPSA) is 68.6 Å². The first-order valence-corrected chi connectivity index (χ1v) is 11.3. The summed E-state index contributed by atoms with van der Waals surface area (Å²) in [4.78, 5) is 15.6. The molecule has 2 heterocycles. The Morgan fingerprint density at radius 3 is 2.36 bits per heavy atom. The van der Waals surface area contributed by atoms with Crippen LogP contribution in [0.25, 0.3) is 0 Å². The summed E-state index contributed by atoms with van der Waals surface area (Å²) in [5.41, 5.74) is -2.92. The molecule has 2 aromatic carbocycles. The largest absolute Gasteiger partial charge is 0.487 e. The maximum atomic E-state index is 15.0. The Kier molecular flexibility index (Phi) is 7.83. The molecular weight excluding hydrogens is 520 g/mol. The van der Waals surface area contributed by atoms with Crippen LogP contribution in [0.2, 0.25) is 0 Å². The van der Waals surface area contributed by atoms with Crippen LogP contribution in [-0.2, 0) is 11.0 Å². The second-order valence-electron chi connectivity index (χ2n) is 8.84. The van der Waals surface area contributed by atoms with Crippen LogP contribution < -0.4 is 19.9 Å². The molecule has 1 N–H and O–H groups in total. The van der Waals surface area contributed by atoms with E-state index >= 15 is 0 Å². The number of nitrogens with one attached hydrogen (secondary N) is 1. The third-order valence-electron chi connectivity index (χ3n) is 6.11. The molecule has 0 radical (unpaired) electrons. The SMILES string of the molecule is CC1(C)C(=O)N(c2ccc(C#N)c(C(F)(F)F)c2)C(=S)N1c1ccc(OC2CCNCC2)c(F)c1.Cl. The predicted molar refractivity (Wildman–Crippen MR) is 133 cm³/mol. The molecule has 2 fully saturated rings. The van der Waals surface area contributed by atoms with E-state index in [-0.39, 0.29) is 40.7 Å². The molecular formula is C24H23ClF4N4O2S. The lowest BCUT2D eigenvalue weighted by Gasteiger charge is -2.30. The summed E-state index contributed by atoms with van der Waals surface area (Å²) in [6.07, 6.45) is -3.41. The molecule has 2 aliphatic rings. The van der Waals surface area contributed by atoms with Gasteiger partial charge in [-0.15, -0.1) is 12.4 Å². The maximum Gasteiger partial charge on any atom is 0.417 e. The predicted octanol–water partition coefficient (Wildman–Crippen LogP) is 5.19. The van der Waals surface area contributed by atoms with Crippen molar-refractivity contribution in [2.24, 2.45) is 0 Å². The van der Waals surface area contributed by atoms with Crippen LogP contribution in [0.1, 0.15) is 37.8 Å². The number of ether oxygens (including phenoxy) is 1. The first-order chi connectivity index (χ1) is 16.4. The monoisotopic (exact) mass is 542 g/mol. The van der Waals surface area contributed by atoms with Gasteiger partial charge in [-0.25, -0.2) is 4.39 Å².